The maximum Gasteiger partial charge on any atom is 0.271 e. The van der Waals surface area contributed by atoms with E-state index in [1.165, 1.54) is 11.9 Å². The van der Waals surface area contributed by atoms with E-state index in [9.17, 15) is 14.4 Å². The lowest BCUT2D eigenvalue weighted by atomic mass is 10.1. The molecule has 27 heavy (non-hydrogen) atoms. The third kappa shape index (κ3) is 4.30. The van der Waals surface area contributed by atoms with Gasteiger partial charge in [-0.25, -0.2) is 0 Å². The summed E-state index contributed by atoms with van der Waals surface area (Å²) in [6.45, 7) is 1.42. The van der Waals surface area contributed by atoms with Crippen LogP contribution >= 0.6 is 0 Å². The largest absolute Gasteiger partial charge is 0.368 e. The van der Waals surface area contributed by atoms with E-state index in [1.54, 1.807) is 36.4 Å². The molecule has 0 aromatic heterocycles. The second-order valence-corrected chi connectivity index (χ2v) is 6.06. The summed E-state index contributed by atoms with van der Waals surface area (Å²) in [5, 5.41) is 11.1. The highest BCUT2D eigenvalue weighted by Gasteiger charge is 2.34. The standard InChI is InChI=1S/C19H19N5O3/c1-12(25)21-13-7-9-14(10-8-13)22-19(27)16-11-17(18(20)26)24(23-16)15-5-3-2-4-6-15/h2-10,17H,11H2,1H3,(H2,20,26)(H,21,25)(H,22,27). The van der Waals surface area contributed by atoms with Gasteiger partial charge in [0, 0.05) is 24.7 Å². The third-order valence-electron chi connectivity index (χ3n) is 3.98. The van der Waals surface area contributed by atoms with Crippen molar-refractivity contribution in [2.75, 3.05) is 15.6 Å². The van der Waals surface area contributed by atoms with Crippen molar-refractivity contribution in [3.05, 3.63) is 54.6 Å². The molecule has 1 unspecified atom stereocenters. The maximum atomic E-state index is 12.5. The zero-order valence-electron chi connectivity index (χ0n) is 14.7. The molecular weight excluding hydrogens is 346 g/mol. The molecular formula is C19H19N5O3. The Balaban J connectivity index is 1.74. The average Bonchev–Trinajstić information content (AvgIpc) is 3.09. The number of nitrogens with two attached hydrogens (primary N) is 1. The average molecular weight is 365 g/mol. The van der Waals surface area contributed by atoms with E-state index in [-0.39, 0.29) is 18.0 Å². The molecule has 3 rings (SSSR count). The molecule has 2 aromatic carbocycles. The lowest BCUT2D eigenvalue weighted by Crippen LogP contribution is -2.39. The zero-order chi connectivity index (χ0) is 19.4. The van der Waals surface area contributed by atoms with E-state index in [0.717, 1.165) is 0 Å². The lowest BCUT2D eigenvalue weighted by molar-refractivity contribution is -0.119. The molecule has 0 spiro atoms. The molecule has 138 valence electrons. The zero-order valence-corrected chi connectivity index (χ0v) is 14.7. The first-order valence-electron chi connectivity index (χ1n) is 8.34. The first-order chi connectivity index (χ1) is 12.9. The molecule has 0 bridgehead atoms. The normalized spacial score (nSPS) is 15.8. The molecule has 8 nitrogen and oxygen atoms in total. The fraction of sp³-hybridized carbons (Fsp3) is 0.158. The van der Waals surface area contributed by atoms with Gasteiger partial charge in [-0.05, 0) is 36.4 Å². The summed E-state index contributed by atoms with van der Waals surface area (Å²) in [7, 11) is 0. The van der Waals surface area contributed by atoms with Crippen molar-refractivity contribution in [3.63, 3.8) is 0 Å². The van der Waals surface area contributed by atoms with Crippen LogP contribution in [0, 0.1) is 0 Å². The van der Waals surface area contributed by atoms with Gasteiger partial charge in [0.25, 0.3) is 5.91 Å². The molecule has 4 N–H and O–H groups in total. The summed E-state index contributed by atoms with van der Waals surface area (Å²) in [5.74, 6) is -1.14. The summed E-state index contributed by atoms with van der Waals surface area (Å²) in [4.78, 5) is 35.4. The van der Waals surface area contributed by atoms with Gasteiger partial charge in [0.05, 0.1) is 5.69 Å². The molecule has 1 atom stereocenters. The van der Waals surface area contributed by atoms with Crippen molar-refractivity contribution in [1.29, 1.82) is 0 Å². The Bertz CT molecular complexity index is 893. The Hall–Kier alpha value is -3.68. The highest BCUT2D eigenvalue weighted by atomic mass is 16.2. The first-order valence-corrected chi connectivity index (χ1v) is 8.34. The maximum absolute atomic E-state index is 12.5. The number of anilines is 3. The number of carbonyl (C=O) groups is 3. The van der Waals surface area contributed by atoms with E-state index in [1.807, 2.05) is 18.2 Å². The summed E-state index contributed by atoms with van der Waals surface area (Å²) in [5.41, 5.74) is 7.55. The fourth-order valence-corrected chi connectivity index (χ4v) is 2.73. The topological polar surface area (TPSA) is 117 Å². The Labute approximate surface area is 156 Å². The van der Waals surface area contributed by atoms with Crippen LogP contribution < -0.4 is 21.4 Å². The van der Waals surface area contributed by atoms with E-state index < -0.39 is 17.9 Å². The number of para-hydroxylation sites is 1. The number of amides is 3. The van der Waals surface area contributed by atoms with Crippen molar-refractivity contribution < 1.29 is 14.4 Å². The van der Waals surface area contributed by atoms with Crippen LogP contribution in [0.2, 0.25) is 0 Å². The molecule has 0 radical (unpaired) electrons. The Kier molecular flexibility index (Phi) is 5.16. The minimum absolute atomic E-state index is 0.125. The molecule has 1 aliphatic heterocycles. The predicted octanol–water partition coefficient (Wildman–Crippen LogP) is 1.70. The van der Waals surface area contributed by atoms with Gasteiger partial charge < -0.3 is 16.4 Å². The third-order valence-corrected chi connectivity index (χ3v) is 3.98. The van der Waals surface area contributed by atoms with Crippen LogP contribution in [0.25, 0.3) is 0 Å². The van der Waals surface area contributed by atoms with Crippen molar-refractivity contribution in [2.45, 2.75) is 19.4 Å². The van der Waals surface area contributed by atoms with Gasteiger partial charge in [-0.1, -0.05) is 18.2 Å². The number of carbonyl (C=O) groups excluding carboxylic acids is 3. The summed E-state index contributed by atoms with van der Waals surface area (Å²) in [6, 6.07) is 15.0. The molecule has 0 saturated heterocycles. The van der Waals surface area contributed by atoms with Gasteiger partial charge in [-0.2, -0.15) is 5.10 Å². The molecule has 2 aromatic rings. The smallest absolute Gasteiger partial charge is 0.271 e. The van der Waals surface area contributed by atoms with Crippen molar-refractivity contribution in [1.82, 2.24) is 0 Å². The molecule has 1 heterocycles. The van der Waals surface area contributed by atoms with Gasteiger partial charge in [0.15, 0.2) is 0 Å². The quantitative estimate of drug-likeness (QED) is 0.747. The fourth-order valence-electron chi connectivity index (χ4n) is 2.73. The van der Waals surface area contributed by atoms with Crippen LogP contribution in [0.1, 0.15) is 13.3 Å². The molecule has 0 saturated carbocycles. The summed E-state index contributed by atoms with van der Waals surface area (Å²) in [6.07, 6.45) is 0.125. The molecule has 8 heteroatoms. The Morgan fingerprint density at radius 1 is 1.00 bits per heavy atom. The molecule has 0 fully saturated rings. The molecule has 1 aliphatic rings. The molecule has 3 amide bonds. The number of hydrazone groups is 1. The van der Waals surface area contributed by atoms with Gasteiger partial charge in [-0.3, -0.25) is 19.4 Å². The van der Waals surface area contributed by atoms with Crippen LogP contribution in [0.5, 0.6) is 0 Å². The Morgan fingerprint density at radius 3 is 2.15 bits per heavy atom. The van der Waals surface area contributed by atoms with Crippen LogP contribution in [-0.2, 0) is 14.4 Å². The predicted molar refractivity (Wildman–Crippen MR) is 103 cm³/mol. The number of primary amides is 1. The van der Waals surface area contributed by atoms with Crippen LogP contribution in [0.4, 0.5) is 17.1 Å². The van der Waals surface area contributed by atoms with Gasteiger partial charge in [0.1, 0.15) is 11.8 Å². The SMILES string of the molecule is CC(=O)Nc1ccc(NC(=O)C2=NN(c3ccccc3)C(C(N)=O)C2)cc1. The van der Waals surface area contributed by atoms with E-state index in [2.05, 4.69) is 15.7 Å². The van der Waals surface area contributed by atoms with Gasteiger partial charge >= 0.3 is 0 Å². The second kappa shape index (κ2) is 7.69. The van der Waals surface area contributed by atoms with Gasteiger partial charge in [-0.15, -0.1) is 0 Å². The van der Waals surface area contributed by atoms with Crippen molar-refractivity contribution in [2.24, 2.45) is 10.8 Å². The number of hydrogen-bond acceptors (Lipinski definition) is 5. The van der Waals surface area contributed by atoms with E-state index >= 15 is 0 Å². The van der Waals surface area contributed by atoms with Crippen LogP contribution in [-0.4, -0.2) is 29.5 Å². The van der Waals surface area contributed by atoms with Crippen LogP contribution in [0.3, 0.4) is 0 Å². The highest BCUT2D eigenvalue weighted by Crippen LogP contribution is 2.25. The van der Waals surface area contributed by atoms with Crippen molar-refractivity contribution in [3.8, 4) is 0 Å². The number of hydrogen-bond donors (Lipinski definition) is 3. The van der Waals surface area contributed by atoms with Crippen LogP contribution in [0.15, 0.2) is 59.7 Å². The van der Waals surface area contributed by atoms with Crippen molar-refractivity contribution >= 4 is 40.5 Å². The summed E-state index contributed by atoms with van der Waals surface area (Å²) < 4.78 is 0. The second-order valence-electron chi connectivity index (χ2n) is 6.06. The van der Waals surface area contributed by atoms with E-state index in [4.69, 9.17) is 5.73 Å². The number of rotatable bonds is 5. The Morgan fingerprint density at radius 2 is 1.59 bits per heavy atom. The summed E-state index contributed by atoms with van der Waals surface area (Å²) >= 11 is 0. The monoisotopic (exact) mass is 365 g/mol. The van der Waals surface area contributed by atoms with E-state index in [0.29, 0.717) is 17.1 Å². The minimum atomic E-state index is -0.713. The highest BCUT2D eigenvalue weighted by molar-refractivity contribution is 6.44. The molecule has 0 aliphatic carbocycles. The number of nitrogens with zero attached hydrogens (tertiary/aromatic N) is 2. The number of benzene rings is 2. The number of nitrogens with one attached hydrogen (secondary N) is 2. The lowest BCUT2D eigenvalue weighted by Gasteiger charge is -2.20. The minimum Gasteiger partial charge on any atom is -0.368 e. The van der Waals surface area contributed by atoms with Gasteiger partial charge in [0.2, 0.25) is 11.8 Å². The first kappa shape index (κ1) is 18.1.